The van der Waals surface area contributed by atoms with Gasteiger partial charge in [0.05, 0.1) is 10.7 Å². The van der Waals surface area contributed by atoms with Crippen molar-refractivity contribution >= 4 is 35.0 Å². The zero-order valence-electron chi connectivity index (χ0n) is 12.1. The van der Waals surface area contributed by atoms with Crippen molar-refractivity contribution in [2.75, 3.05) is 42.6 Å². The van der Waals surface area contributed by atoms with E-state index in [1.807, 2.05) is 4.90 Å². The van der Waals surface area contributed by atoms with E-state index >= 15 is 0 Å². The van der Waals surface area contributed by atoms with Gasteiger partial charge < -0.3 is 14.9 Å². The van der Waals surface area contributed by atoms with Gasteiger partial charge in [0.1, 0.15) is 5.82 Å². The van der Waals surface area contributed by atoms with Crippen LogP contribution in [0.5, 0.6) is 0 Å². The monoisotopic (exact) mass is 344 g/mol. The predicted octanol–water partition coefficient (Wildman–Crippen LogP) is 2.00. The van der Waals surface area contributed by atoms with E-state index in [1.165, 1.54) is 12.1 Å². The molecule has 2 fully saturated rings. The molecule has 1 N–H and O–H groups in total. The van der Waals surface area contributed by atoms with E-state index in [9.17, 15) is 14.3 Å². The molecule has 0 radical (unpaired) electrons. The topological polar surface area (TPSA) is 43.8 Å². The number of hydrogen-bond acceptors (Lipinski definition) is 4. The molecule has 0 saturated carbocycles. The third-order valence-electron chi connectivity index (χ3n) is 4.22. The molecule has 1 amide bonds. The summed E-state index contributed by atoms with van der Waals surface area (Å²) in [5, 5.41) is 10.8. The number of nitrogens with zero attached hydrogens (tertiary/aromatic N) is 2. The number of carbonyl (C=O) groups excluding carboxylic acids is 1. The second-order valence-corrected chi connectivity index (χ2v) is 7.22. The highest BCUT2D eigenvalue weighted by Crippen LogP contribution is 2.31. The summed E-state index contributed by atoms with van der Waals surface area (Å²) in [6.07, 6.45) is 0.528. The van der Waals surface area contributed by atoms with Crippen molar-refractivity contribution in [1.29, 1.82) is 0 Å². The van der Waals surface area contributed by atoms with Crippen LogP contribution in [0.4, 0.5) is 10.1 Å². The Morgan fingerprint density at radius 3 is 2.64 bits per heavy atom. The number of halogens is 2. The summed E-state index contributed by atoms with van der Waals surface area (Å²) < 4.78 is 13.1. The number of amides is 1. The number of piperazine rings is 1. The molecule has 1 aromatic rings. The number of carbonyl (C=O) groups is 1. The summed E-state index contributed by atoms with van der Waals surface area (Å²) in [6.45, 7) is 2.33. The highest BCUT2D eigenvalue weighted by Gasteiger charge is 2.42. The standard InChI is InChI=1S/C15H18ClFN2O2S/c16-12-9-11(17)1-2-13(12)18-4-6-19(7-5-18)14(20)15(21)3-8-22-10-15/h1-2,9,21H,3-8,10H2. The van der Waals surface area contributed by atoms with Crippen molar-refractivity contribution < 1.29 is 14.3 Å². The van der Waals surface area contributed by atoms with Crippen molar-refractivity contribution in [2.45, 2.75) is 12.0 Å². The summed E-state index contributed by atoms with van der Waals surface area (Å²) in [4.78, 5) is 16.2. The molecule has 1 aromatic carbocycles. The van der Waals surface area contributed by atoms with Gasteiger partial charge >= 0.3 is 0 Å². The summed E-state index contributed by atoms with van der Waals surface area (Å²) in [5.74, 6) is 0.786. The van der Waals surface area contributed by atoms with Crippen LogP contribution in [0.1, 0.15) is 6.42 Å². The van der Waals surface area contributed by atoms with E-state index < -0.39 is 5.60 Å². The third kappa shape index (κ3) is 3.05. The molecular weight excluding hydrogens is 327 g/mol. The summed E-state index contributed by atoms with van der Waals surface area (Å²) in [7, 11) is 0. The maximum Gasteiger partial charge on any atom is 0.255 e. The molecule has 2 saturated heterocycles. The number of aliphatic hydroxyl groups is 1. The SMILES string of the molecule is O=C(N1CCN(c2ccc(F)cc2Cl)CC1)C1(O)CCSC1. The second-order valence-electron chi connectivity index (χ2n) is 5.71. The largest absolute Gasteiger partial charge is 0.379 e. The van der Waals surface area contributed by atoms with E-state index in [0.717, 1.165) is 11.4 Å². The average molecular weight is 345 g/mol. The molecule has 2 aliphatic rings. The first-order chi connectivity index (χ1) is 10.5. The van der Waals surface area contributed by atoms with Crippen molar-refractivity contribution in [1.82, 2.24) is 4.90 Å². The van der Waals surface area contributed by atoms with Crippen molar-refractivity contribution in [2.24, 2.45) is 0 Å². The highest BCUT2D eigenvalue weighted by atomic mass is 35.5. The Bertz CT molecular complexity index is 573. The van der Waals surface area contributed by atoms with E-state index in [0.29, 0.717) is 43.4 Å². The molecule has 120 valence electrons. The molecule has 2 heterocycles. The third-order valence-corrected chi connectivity index (χ3v) is 5.69. The number of anilines is 1. The van der Waals surface area contributed by atoms with Crippen LogP contribution in [0.25, 0.3) is 0 Å². The number of rotatable bonds is 2. The minimum absolute atomic E-state index is 0.164. The van der Waals surface area contributed by atoms with Gasteiger partial charge in [0.2, 0.25) is 0 Å². The van der Waals surface area contributed by atoms with Gasteiger partial charge in [-0.05, 0) is 30.4 Å². The van der Waals surface area contributed by atoms with Gasteiger partial charge in [0, 0.05) is 31.9 Å². The molecule has 4 nitrogen and oxygen atoms in total. The van der Waals surface area contributed by atoms with Crippen LogP contribution >= 0.6 is 23.4 Å². The maximum atomic E-state index is 13.1. The Hall–Kier alpha value is -0.980. The molecule has 0 spiro atoms. The van der Waals surface area contributed by atoms with Crippen LogP contribution < -0.4 is 4.90 Å². The lowest BCUT2D eigenvalue weighted by atomic mass is 10.0. The fourth-order valence-electron chi connectivity index (χ4n) is 2.91. The summed E-state index contributed by atoms with van der Waals surface area (Å²) in [6, 6.07) is 4.35. The van der Waals surface area contributed by atoms with Gasteiger partial charge in [-0.2, -0.15) is 11.8 Å². The smallest absolute Gasteiger partial charge is 0.255 e. The molecule has 0 bridgehead atoms. The van der Waals surface area contributed by atoms with Crippen LogP contribution in [0.2, 0.25) is 5.02 Å². The zero-order chi connectivity index (χ0) is 15.7. The van der Waals surface area contributed by atoms with E-state index in [4.69, 9.17) is 11.6 Å². The minimum atomic E-state index is -1.19. The normalized spacial score (nSPS) is 25.6. The zero-order valence-corrected chi connectivity index (χ0v) is 13.7. The van der Waals surface area contributed by atoms with Crippen LogP contribution in [-0.2, 0) is 4.79 Å². The lowest BCUT2D eigenvalue weighted by molar-refractivity contribution is -0.149. The number of thioether (sulfide) groups is 1. The van der Waals surface area contributed by atoms with Gasteiger partial charge in [-0.15, -0.1) is 0 Å². The molecule has 0 aromatic heterocycles. The van der Waals surface area contributed by atoms with Crippen LogP contribution in [0.3, 0.4) is 0 Å². The fraction of sp³-hybridized carbons (Fsp3) is 0.533. The average Bonchev–Trinajstić information content (AvgIpc) is 2.95. The molecule has 1 unspecified atom stereocenters. The molecule has 22 heavy (non-hydrogen) atoms. The Morgan fingerprint density at radius 1 is 1.32 bits per heavy atom. The van der Waals surface area contributed by atoms with E-state index in [-0.39, 0.29) is 11.7 Å². The first kappa shape index (κ1) is 15.9. The molecule has 1 atom stereocenters. The first-order valence-corrected chi connectivity index (χ1v) is 8.82. The highest BCUT2D eigenvalue weighted by molar-refractivity contribution is 7.99. The summed E-state index contributed by atoms with van der Waals surface area (Å²) >= 11 is 7.70. The summed E-state index contributed by atoms with van der Waals surface area (Å²) in [5.41, 5.74) is -0.411. The van der Waals surface area contributed by atoms with Crippen LogP contribution in [0, 0.1) is 5.82 Å². The quantitative estimate of drug-likeness (QED) is 0.891. The van der Waals surface area contributed by atoms with Crippen molar-refractivity contribution in [3.63, 3.8) is 0 Å². The molecular formula is C15H18ClFN2O2S. The first-order valence-electron chi connectivity index (χ1n) is 7.29. The van der Waals surface area contributed by atoms with E-state index in [2.05, 4.69) is 0 Å². The molecule has 3 rings (SSSR count). The Balaban J connectivity index is 1.64. The molecule has 7 heteroatoms. The van der Waals surface area contributed by atoms with Gasteiger partial charge in [0.25, 0.3) is 5.91 Å². The fourth-order valence-corrected chi connectivity index (χ4v) is 4.42. The second kappa shape index (κ2) is 6.26. The lowest BCUT2D eigenvalue weighted by Crippen LogP contribution is -2.56. The van der Waals surface area contributed by atoms with Crippen molar-refractivity contribution in [3.05, 3.63) is 29.0 Å². The number of benzene rings is 1. The number of hydrogen-bond donors (Lipinski definition) is 1. The van der Waals surface area contributed by atoms with Crippen LogP contribution in [0.15, 0.2) is 18.2 Å². The maximum absolute atomic E-state index is 13.1. The van der Waals surface area contributed by atoms with Gasteiger partial charge in [-0.3, -0.25) is 4.79 Å². The Kier molecular flexibility index (Phi) is 4.52. The lowest BCUT2D eigenvalue weighted by Gasteiger charge is -2.39. The van der Waals surface area contributed by atoms with Crippen LogP contribution in [-0.4, -0.2) is 59.2 Å². The predicted molar refractivity (Wildman–Crippen MR) is 87.1 cm³/mol. The molecule has 0 aliphatic carbocycles. The van der Waals surface area contributed by atoms with E-state index in [1.54, 1.807) is 22.7 Å². The van der Waals surface area contributed by atoms with Gasteiger partial charge in [0.15, 0.2) is 5.60 Å². The minimum Gasteiger partial charge on any atom is -0.379 e. The van der Waals surface area contributed by atoms with Gasteiger partial charge in [-0.1, -0.05) is 11.6 Å². The Morgan fingerprint density at radius 2 is 2.05 bits per heavy atom. The Labute approximate surface area is 138 Å². The van der Waals surface area contributed by atoms with Gasteiger partial charge in [-0.25, -0.2) is 4.39 Å². The van der Waals surface area contributed by atoms with Crippen molar-refractivity contribution in [3.8, 4) is 0 Å². The molecule has 2 aliphatic heterocycles.